The van der Waals surface area contributed by atoms with Crippen molar-refractivity contribution in [2.75, 3.05) is 0 Å². The van der Waals surface area contributed by atoms with Gasteiger partial charge in [0, 0.05) is 17.4 Å². The fourth-order valence-corrected chi connectivity index (χ4v) is 4.12. The van der Waals surface area contributed by atoms with Gasteiger partial charge in [0.1, 0.15) is 0 Å². The van der Waals surface area contributed by atoms with Crippen LogP contribution in [0.15, 0.2) is 42.5 Å². The van der Waals surface area contributed by atoms with E-state index in [0.29, 0.717) is 12.0 Å². The lowest BCUT2D eigenvalue weighted by atomic mass is 9.71. The molecular weight excluding hydrogens is 325 g/mol. The van der Waals surface area contributed by atoms with Gasteiger partial charge < -0.3 is 0 Å². The van der Waals surface area contributed by atoms with Crippen molar-refractivity contribution in [1.82, 2.24) is 0 Å². The smallest absolute Gasteiger partial charge is 0.295 e. The van der Waals surface area contributed by atoms with Gasteiger partial charge in [-0.3, -0.25) is 4.79 Å². The minimum absolute atomic E-state index is 0.00963. The number of benzene rings is 2. The van der Waals surface area contributed by atoms with Gasteiger partial charge >= 0.3 is 6.18 Å². The zero-order valence-electron chi connectivity index (χ0n) is 14.4. The monoisotopic (exact) mass is 346 g/mol. The van der Waals surface area contributed by atoms with Crippen LogP contribution in [0.1, 0.15) is 61.0 Å². The molecule has 132 valence electrons. The Balaban J connectivity index is 2.22. The van der Waals surface area contributed by atoms with Gasteiger partial charge in [-0.1, -0.05) is 49.7 Å². The summed E-state index contributed by atoms with van der Waals surface area (Å²) in [5.41, 5.74) is 3.64. The normalized spacial score (nSPS) is 18.8. The molecule has 2 aromatic carbocycles. The summed E-state index contributed by atoms with van der Waals surface area (Å²) in [5.74, 6) is -0.0695. The Morgan fingerprint density at radius 1 is 1.00 bits per heavy atom. The third-order valence-corrected chi connectivity index (χ3v) is 5.19. The number of ketones is 1. The average molecular weight is 346 g/mol. The largest absolute Gasteiger partial charge is 0.389 e. The third-order valence-electron chi connectivity index (χ3n) is 5.19. The molecule has 0 bridgehead atoms. The van der Waals surface area contributed by atoms with E-state index in [-0.39, 0.29) is 12.2 Å². The molecule has 0 saturated carbocycles. The summed E-state index contributed by atoms with van der Waals surface area (Å²) in [5, 5.41) is 0. The van der Waals surface area contributed by atoms with E-state index < -0.39 is 18.0 Å². The highest BCUT2D eigenvalue weighted by molar-refractivity contribution is 5.96. The minimum Gasteiger partial charge on any atom is -0.295 e. The zero-order chi connectivity index (χ0) is 18.2. The summed E-state index contributed by atoms with van der Waals surface area (Å²) >= 11 is 0. The fraction of sp³-hybridized carbons (Fsp3) is 0.381. The second-order valence-electron chi connectivity index (χ2n) is 6.81. The molecule has 0 fully saturated rings. The molecule has 3 rings (SSSR count). The minimum atomic E-state index is -4.20. The van der Waals surface area contributed by atoms with Gasteiger partial charge in [0.2, 0.25) is 0 Å². The molecule has 0 heterocycles. The summed E-state index contributed by atoms with van der Waals surface area (Å²) in [7, 11) is 0. The predicted molar refractivity (Wildman–Crippen MR) is 92.9 cm³/mol. The number of carbonyl (C=O) groups excluding carboxylic acids is 1. The summed E-state index contributed by atoms with van der Waals surface area (Å²) in [4.78, 5) is 11.8. The molecule has 0 aliphatic heterocycles. The number of halogens is 3. The molecule has 1 aliphatic carbocycles. The zero-order valence-corrected chi connectivity index (χ0v) is 14.4. The lowest BCUT2D eigenvalue weighted by Crippen LogP contribution is -2.28. The van der Waals surface area contributed by atoms with Gasteiger partial charge in [0.05, 0.1) is 0 Å². The molecule has 1 aliphatic rings. The maximum Gasteiger partial charge on any atom is 0.389 e. The topological polar surface area (TPSA) is 17.1 Å². The standard InChI is InChI=1S/C21H21F3O/c1-3-10-20(11-12-21(22,23)24)18-7-5-4-6-16(18)17-9-8-15(14(2)25)13-19(17)20/h4-9,13H,3,10-12H2,1-2H3. The van der Waals surface area contributed by atoms with E-state index in [1.54, 1.807) is 6.07 Å². The van der Waals surface area contributed by atoms with Crippen molar-refractivity contribution in [2.24, 2.45) is 0 Å². The molecule has 4 heteroatoms. The lowest BCUT2D eigenvalue weighted by Gasteiger charge is -2.32. The second kappa shape index (κ2) is 6.32. The van der Waals surface area contributed by atoms with Crippen molar-refractivity contribution in [3.63, 3.8) is 0 Å². The van der Waals surface area contributed by atoms with Gasteiger partial charge in [-0.2, -0.15) is 13.2 Å². The van der Waals surface area contributed by atoms with Gasteiger partial charge in [0.15, 0.2) is 5.78 Å². The van der Waals surface area contributed by atoms with Crippen LogP contribution < -0.4 is 0 Å². The van der Waals surface area contributed by atoms with Crippen LogP contribution in [0.3, 0.4) is 0 Å². The van der Waals surface area contributed by atoms with Crippen molar-refractivity contribution >= 4 is 5.78 Å². The fourth-order valence-electron chi connectivity index (χ4n) is 4.12. The van der Waals surface area contributed by atoms with Crippen molar-refractivity contribution in [2.45, 2.75) is 51.1 Å². The van der Waals surface area contributed by atoms with Crippen LogP contribution in [0, 0.1) is 0 Å². The first-order chi connectivity index (χ1) is 11.8. The van der Waals surface area contributed by atoms with Crippen molar-refractivity contribution in [3.8, 4) is 11.1 Å². The average Bonchev–Trinajstić information content (AvgIpc) is 2.83. The van der Waals surface area contributed by atoms with Gasteiger partial charge in [0.25, 0.3) is 0 Å². The summed E-state index contributed by atoms with van der Waals surface area (Å²) in [6.45, 7) is 3.48. The van der Waals surface area contributed by atoms with Crippen molar-refractivity contribution in [3.05, 3.63) is 59.2 Å². The Kier molecular flexibility index (Phi) is 4.48. The van der Waals surface area contributed by atoms with E-state index in [1.807, 2.05) is 43.3 Å². The first-order valence-corrected chi connectivity index (χ1v) is 8.60. The predicted octanol–water partition coefficient (Wildman–Crippen LogP) is 6.30. The van der Waals surface area contributed by atoms with Crippen LogP contribution in [0.4, 0.5) is 13.2 Å². The maximum atomic E-state index is 13.0. The van der Waals surface area contributed by atoms with Crippen molar-refractivity contribution in [1.29, 1.82) is 0 Å². The molecule has 2 aromatic rings. The van der Waals surface area contributed by atoms with E-state index in [0.717, 1.165) is 28.7 Å². The highest BCUT2D eigenvalue weighted by Crippen LogP contribution is 2.54. The second-order valence-corrected chi connectivity index (χ2v) is 6.81. The number of hydrogen-bond donors (Lipinski definition) is 0. The molecule has 25 heavy (non-hydrogen) atoms. The van der Waals surface area contributed by atoms with Crippen LogP contribution >= 0.6 is 0 Å². The summed E-state index contributed by atoms with van der Waals surface area (Å²) in [6.07, 6.45) is -3.61. The van der Waals surface area contributed by atoms with E-state index >= 15 is 0 Å². The van der Waals surface area contributed by atoms with E-state index in [4.69, 9.17) is 0 Å². The first-order valence-electron chi connectivity index (χ1n) is 8.60. The van der Waals surface area contributed by atoms with Crippen LogP contribution in [-0.4, -0.2) is 12.0 Å². The number of rotatable bonds is 5. The molecule has 0 aromatic heterocycles. The summed E-state index contributed by atoms with van der Waals surface area (Å²) in [6, 6.07) is 13.2. The van der Waals surface area contributed by atoms with E-state index in [9.17, 15) is 18.0 Å². The van der Waals surface area contributed by atoms with Gasteiger partial charge in [-0.15, -0.1) is 0 Å². The van der Waals surface area contributed by atoms with Gasteiger partial charge in [-0.05, 0) is 48.1 Å². The molecule has 1 atom stereocenters. The van der Waals surface area contributed by atoms with E-state index in [2.05, 4.69) is 0 Å². The van der Waals surface area contributed by atoms with E-state index in [1.165, 1.54) is 6.92 Å². The Labute approximate surface area is 145 Å². The summed E-state index contributed by atoms with van der Waals surface area (Å²) < 4.78 is 39.1. The van der Waals surface area contributed by atoms with Crippen molar-refractivity contribution < 1.29 is 18.0 Å². The molecule has 0 spiro atoms. The third kappa shape index (κ3) is 3.10. The number of Topliss-reactive ketones (excluding diaryl/α,β-unsaturated/α-hetero) is 1. The SMILES string of the molecule is CCCC1(CCC(F)(F)F)c2ccccc2-c2ccc(C(C)=O)cc21. The molecule has 0 N–H and O–H groups in total. The first kappa shape index (κ1) is 17.7. The number of fused-ring (bicyclic) bond motifs is 3. The Hall–Kier alpha value is -2.10. The Morgan fingerprint density at radius 3 is 2.32 bits per heavy atom. The number of carbonyl (C=O) groups is 1. The quantitative estimate of drug-likeness (QED) is 0.581. The van der Waals surface area contributed by atoms with Gasteiger partial charge in [-0.25, -0.2) is 0 Å². The van der Waals surface area contributed by atoms with Crippen LogP contribution in [0.25, 0.3) is 11.1 Å². The molecular formula is C21H21F3O. The molecule has 0 amide bonds. The highest BCUT2D eigenvalue weighted by atomic mass is 19.4. The Morgan fingerprint density at radius 2 is 1.68 bits per heavy atom. The number of hydrogen-bond acceptors (Lipinski definition) is 1. The molecule has 0 radical (unpaired) electrons. The van der Waals surface area contributed by atoms with Crippen LogP contribution in [0.2, 0.25) is 0 Å². The Bertz CT molecular complexity index is 807. The number of alkyl halides is 3. The van der Waals surface area contributed by atoms with Crippen LogP contribution in [0.5, 0.6) is 0 Å². The molecule has 0 saturated heterocycles. The molecule has 1 unspecified atom stereocenters. The maximum absolute atomic E-state index is 13.0. The lowest BCUT2D eigenvalue weighted by molar-refractivity contribution is -0.137. The molecule has 1 nitrogen and oxygen atoms in total. The highest BCUT2D eigenvalue weighted by Gasteiger charge is 2.44. The van der Waals surface area contributed by atoms with Crippen LogP contribution in [-0.2, 0) is 5.41 Å².